The van der Waals surface area contributed by atoms with Crippen molar-refractivity contribution >= 4 is 34.1 Å². The average molecular weight is 448 g/mol. The molecule has 1 atom stereocenters. The molecule has 6 nitrogen and oxygen atoms in total. The molecule has 0 bridgehead atoms. The van der Waals surface area contributed by atoms with Crippen LogP contribution in [0, 0.1) is 0 Å². The van der Waals surface area contributed by atoms with E-state index in [1.165, 1.54) is 11.3 Å². The van der Waals surface area contributed by atoms with Gasteiger partial charge in [-0.2, -0.15) is 0 Å². The Labute approximate surface area is 190 Å². The lowest BCUT2D eigenvalue weighted by molar-refractivity contribution is -0.120. The van der Waals surface area contributed by atoms with Crippen LogP contribution in [-0.4, -0.2) is 37.0 Å². The highest BCUT2D eigenvalue weighted by Crippen LogP contribution is 2.31. The fourth-order valence-electron chi connectivity index (χ4n) is 3.71. The third-order valence-electron chi connectivity index (χ3n) is 5.40. The Morgan fingerprint density at radius 1 is 1.03 bits per heavy atom. The van der Waals surface area contributed by atoms with Gasteiger partial charge >= 0.3 is 0 Å². The van der Waals surface area contributed by atoms with E-state index < -0.39 is 0 Å². The van der Waals surface area contributed by atoms with Crippen LogP contribution >= 0.6 is 11.3 Å². The summed E-state index contributed by atoms with van der Waals surface area (Å²) in [7, 11) is 1.64. The molecule has 0 aliphatic rings. The lowest BCUT2D eigenvalue weighted by Crippen LogP contribution is -2.32. The van der Waals surface area contributed by atoms with E-state index in [9.17, 15) is 9.59 Å². The molecular formula is C25H25N3O3S. The van der Waals surface area contributed by atoms with Gasteiger partial charge in [-0.05, 0) is 40.8 Å². The van der Waals surface area contributed by atoms with Gasteiger partial charge in [-0.15, -0.1) is 11.3 Å². The molecule has 2 aromatic heterocycles. The van der Waals surface area contributed by atoms with Crippen molar-refractivity contribution in [1.29, 1.82) is 0 Å². The van der Waals surface area contributed by atoms with Gasteiger partial charge in [0.1, 0.15) is 5.75 Å². The average Bonchev–Trinajstić information content (AvgIpc) is 3.50. The summed E-state index contributed by atoms with van der Waals surface area (Å²) in [5, 5.41) is 8.81. The molecule has 0 saturated heterocycles. The van der Waals surface area contributed by atoms with Crippen LogP contribution in [-0.2, 0) is 4.79 Å². The molecule has 2 heterocycles. The van der Waals surface area contributed by atoms with E-state index >= 15 is 0 Å². The molecule has 32 heavy (non-hydrogen) atoms. The topological polar surface area (TPSA) is 83.2 Å². The van der Waals surface area contributed by atoms with E-state index in [-0.39, 0.29) is 24.2 Å². The van der Waals surface area contributed by atoms with Crippen LogP contribution < -0.4 is 15.4 Å². The zero-order chi connectivity index (χ0) is 22.3. The van der Waals surface area contributed by atoms with Gasteiger partial charge in [-0.25, -0.2) is 0 Å². The Morgan fingerprint density at radius 3 is 2.59 bits per heavy atom. The van der Waals surface area contributed by atoms with Crippen molar-refractivity contribution in [1.82, 2.24) is 15.6 Å². The molecule has 2 aromatic carbocycles. The molecule has 0 fully saturated rings. The van der Waals surface area contributed by atoms with E-state index in [2.05, 4.69) is 21.7 Å². The molecule has 7 heteroatoms. The Hall–Kier alpha value is -3.58. The van der Waals surface area contributed by atoms with Crippen LogP contribution in [0.4, 0.5) is 0 Å². The third-order valence-corrected chi connectivity index (χ3v) is 6.27. The molecule has 164 valence electrons. The first-order valence-electron chi connectivity index (χ1n) is 10.4. The van der Waals surface area contributed by atoms with Crippen molar-refractivity contribution in [2.24, 2.45) is 0 Å². The number of nitrogens with one attached hydrogen (secondary N) is 3. The molecule has 2 amide bonds. The molecule has 0 aliphatic carbocycles. The van der Waals surface area contributed by atoms with Crippen molar-refractivity contribution in [2.45, 2.75) is 12.3 Å². The first-order chi connectivity index (χ1) is 15.7. The number of aromatic nitrogens is 1. The van der Waals surface area contributed by atoms with Gasteiger partial charge in [0.25, 0.3) is 5.91 Å². The quantitative estimate of drug-likeness (QED) is 0.358. The van der Waals surface area contributed by atoms with Crippen molar-refractivity contribution < 1.29 is 14.3 Å². The van der Waals surface area contributed by atoms with Gasteiger partial charge in [0.15, 0.2) is 0 Å². The Bertz CT molecular complexity index is 1180. The molecule has 1 unspecified atom stereocenters. The number of amides is 2. The lowest BCUT2D eigenvalue weighted by atomic mass is 9.90. The van der Waals surface area contributed by atoms with Crippen molar-refractivity contribution in [2.75, 3.05) is 20.2 Å². The Balaban J connectivity index is 1.43. The highest BCUT2D eigenvalue weighted by molar-refractivity contribution is 7.12. The number of thiophene rings is 1. The number of hydrogen-bond acceptors (Lipinski definition) is 4. The summed E-state index contributed by atoms with van der Waals surface area (Å²) < 4.78 is 5.29. The summed E-state index contributed by atoms with van der Waals surface area (Å²) >= 11 is 1.38. The number of methoxy groups -OCH3 is 1. The predicted molar refractivity (Wildman–Crippen MR) is 127 cm³/mol. The maximum Gasteiger partial charge on any atom is 0.261 e. The normalized spacial score (nSPS) is 11.8. The van der Waals surface area contributed by atoms with Crippen LogP contribution in [0.2, 0.25) is 0 Å². The minimum atomic E-state index is -0.150. The molecule has 4 aromatic rings. The summed E-state index contributed by atoms with van der Waals surface area (Å²) in [6.07, 6.45) is 2.23. The van der Waals surface area contributed by atoms with E-state index in [1.807, 2.05) is 60.1 Å². The number of fused-ring (bicyclic) bond motifs is 1. The van der Waals surface area contributed by atoms with Crippen LogP contribution in [0.25, 0.3) is 10.9 Å². The fourth-order valence-corrected chi connectivity index (χ4v) is 4.35. The number of rotatable bonds is 9. The van der Waals surface area contributed by atoms with Gasteiger partial charge in [-0.3, -0.25) is 9.59 Å². The number of carbonyl (C=O) groups is 2. The van der Waals surface area contributed by atoms with Gasteiger partial charge in [-0.1, -0.05) is 36.4 Å². The summed E-state index contributed by atoms with van der Waals surface area (Å²) in [5.74, 6) is 0.510. The number of benzene rings is 2. The highest BCUT2D eigenvalue weighted by atomic mass is 32.1. The van der Waals surface area contributed by atoms with Crippen molar-refractivity contribution in [3.8, 4) is 5.75 Å². The monoisotopic (exact) mass is 447 g/mol. The van der Waals surface area contributed by atoms with Crippen molar-refractivity contribution in [3.05, 3.63) is 88.2 Å². The van der Waals surface area contributed by atoms with Gasteiger partial charge in [0.2, 0.25) is 5.91 Å². The molecule has 0 aliphatic heterocycles. The number of carbonyl (C=O) groups excluding carboxylic acids is 2. The van der Waals surface area contributed by atoms with Crippen LogP contribution in [0.3, 0.4) is 0 Å². The Morgan fingerprint density at radius 2 is 1.84 bits per heavy atom. The molecule has 0 saturated carbocycles. The molecule has 0 spiro atoms. The maximum atomic E-state index is 12.5. The van der Waals surface area contributed by atoms with Crippen LogP contribution in [0.5, 0.6) is 5.75 Å². The van der Waals surface area contributed by atoms with E-state index in [1.54, 1.807) is 13.2 Å². The van der Waals surface area contributed by atoms with E-state index in [0.29, 0.717) is 18.0 Å². The van der Waals surface area contributed by atoms with Crippen LogP contribution in [0.1, 0.15) is 33.1 Å². The zero-order valence-electron chi connectivity index (χ0n) is 17.8. The first kappa shape index (κ1) is 21.6. The summed E-state index contributed by atoms with van der Waals surface area (Å²) in [5.41, 5.74) is 3.27. The SMILES string of the molecule is COc1ccc(C(CNC(=O)CCNC(=O)c2cccs2)c2c[nH]c3ccccc23)cc1. The zero-order valence-corrected chi connectivity index (χ0v) is 18.6. The summed E-state index contributed by atoms with van der Waals surface area (Å²) in [6.45, 7) is 0.745. The summed E-state index contributed by atoms with van der Waals surface area (Å²) in [4.78, 5) is 28.5. The van der Waals surface area contributed by atoms with E-state index in [0.717, 1.165) is 27.8 Å². The number of hydrogen-bond donors (Lipinski definition) is 3. The molecular weight excluding hydrogens is 422 g/mol. The number of para-hydroxylation sites is 1. The standard InChI is InChI=1S/C25H25N3O3S/c1-31-18-10-8-17(9-11-18)20(21-16-27-22-6-3-2-5-19(21)22)15-28-24(29)12-13-26-25(30)23-7-4-14-32-23/h2-11,14,16,20,27H,12-13,15H2,1H3,(H,26,30)(H,28,29). The third kappa shape index (κ3) is 5.00. The van der Waals surface area contributed by atoms with E-state index in [4.69, 9.17) is 4.74 Å². The summed E-state index contributed by atoms with van der Waals surface area (Å²) in [6, 6.07) is 19.6. The molecule has 0 radical (unpaired) electrons. The smallest absolute Gasteiger partial charge is 0.261 e. The highest BCUT2D eigenvalue weighted by Gasteiger charge is 2.19. The number of aromatic amines is 1. The maximum absolute atomic E-state index is 12.5. The predicted octanol–water partition coefficient (Wildman–Crippen LogP) is 4.31. The molecule has 3 N–H and O–H groups in total. The fraction of sp³-hybridized carbons (Fsp3) is 0.200. The van der Waals surface area contributed by atoms with Crippen molar-refractivity contribution in [3.63, 3.8) is 0 Å². The molecule has 4 rings (SSSR count). The first-order valence-corrected chi connectivity index (χ1v) is 11.3. The second-order valence-corrected chi connectivity index (χ2v) is 8.35. The lowest BCUT2D eigenvalue weighted by Gasteiger charge is -2.19. The Kier molecular flexibility index (Phi) is 6.87. The van der Waals surface area contributed by atoms with Gasteiger partial charge in [0, 0.05) is 42.5 Å². The van der Waals surface area contributed by atoms with Crippen LogP contribution in [0.15, 0.2) is 72.2 Å². The van der Waals surface area contributed by atoms with Gasteiger partial charge < -0.3 is 20.4 Å². The van der Waals surface area contributed by atoms with Gasteiger partial charge in [0.05, 0.1) is 12.0 Å². The number of ether oxygens (including phenoxy) is 1. The second kappa shape index (κ2) is 10.2. The second-order valence-electron chi connectivity index (χ2n) is 7.40. The number of H-pyrrole nitrogens is 1. The largest absolute Gasteiger partial charge is 0.497 e. The minimum Gasteiger partial charge on any atom is -0.497 e. The minimum absolute atomic E-state index is 0.0262.